The normalized spacial score (nSPS) is 15.7. The highest BCUT2D eigenvalue weighted by Crippen LogP contribution is 2.33. The zero-order chi connectivity index (χ0) is 39.7. The quantitative estimate of drug-likeness (QED) is 0.157. The van der Waals surface area contributed by atoms with Gasteiger partial charge in [-0.2, -0.15) is 0 Å². The van der Waals surface area contributed by atoms with Gasteiger partial charge in [0.05, 0.1) is 26.4 Å². The predicted octanol–water partition coefficient (Wildman–Crippen LogP) is 7.54. The van der Waals surface area contributed by atoms with Crippen LogP contribution in [0.4, 0.5) is 0 Å². The van der Waals surface area contributed by atoms with Gasteiger partial charge in [0.15, 0.2) is 23.0 Å². The van der Waals surface area contributed by atoms with Gasteiger partial charge >= 0.3 is 17.6 Å². The Bertz CT molecular complexity index is 1200. The van der Waals surface area contributed by atoms with E-state index in [2.05, 4.69) is 0 Å². The van der Waals surface area contributed by atoms with E-state index >= 15 is 0 Å². The van der Waals surface area contributed by atoms with Crippen molar-refractivity contribution in [2.24, 2.45) is 0 Å². The summed E-state index contributed by atoms with van der Waals surface area (Å²) in [6.07, 6.45) is -0.367. The van der Waals surface area contributed by atoms with Crippen molar-refractivity contribution < 1.29 is 55.0 Å². The zero-order valence-corrected chi connectivity index (χ0v) is 36.9. The van der Waals surface area contributed by atoms with Crippen LogP contribution in [0, 0.1) is 0 Å². The van der Waals surface area contributed by atoms with Crippen LogP contribution in [-0.2, 0) is 48.1 Å². The predicted molar refractivity (Wildman–Crippen MR) is 213 cm³/mol. The number of rotatable bonds is 16. The summed E-state index contributed by atoms with van der Waals surface area (Å²) < 4.78 is 75.1. The van der Waals surface area contributed by atoms with Crippen LogP contribution >= 0.6 is 0 Å². The number of ether oxygens (including phenoxy) is 6. The molecule has 0 aliphatic carbocycles. The summed E-state index contributed by atoms with van der Waals surface area (Å²) in [6.45, 7) is 26.7. The van der Waals surface area contributed by atoms with Crippen molar-refractivity contribution in [3.05, 3.63) is 47.5 Å². The van der Waals surface area contributed by atoms with E-state index in [1.807, 2.05) is 119 Å². The van der Waals surface area contributed by atoms with E-state index < -0.39 is 17.6 Å². The topological polar surface area (TPSA) is 111 Å². The third kappa shape index (κ3) is 16.9. The Hall–Kier alpha value is -2.25. The number of fused-ring (bicyclic) bond motifs is 2. The second-order valence-corrected chi connectivity index (χ2v) is 19.8. The third-order valence-electron chi connectivity index (χ3n) is 7.29. The molecule has 3 rings (SSSR count). The summed E-state index contributed by atoms with van der Waals surface area (Å²) >= 11 is 0. The van der Waals surface area contributed by atoms with E-state index in [1.165, 1.54) is 0 Å². The molecule has 54 heavy (non-hydrogen) atoms. The van der Waals surface area contributed by atoms with Crippen LogP contribution in [0.3, 0.4) is 0 Å². The molecule has 0 amide bonds. The molecule has 2 aromatic rings. The molecule has 0 atom stereocenters. The molecule has 1 aliphatic heterocycles. The average molecular weight is 797 g/mol. The molecule has 0 spiro atoms. The maximum atomic E-state index is 6.43. The summed E-state index contributed by atoms with van der Waals surface area (Å²) in [5.74, 6) is 2.43. The van der Waals surface area contributed by atoms with E-state index in [1.54, 1.807) is 0 Å². The van der Waals surface area contributed by atoms with Crippen molar-refractivity contribution in [3.8, 4) is 23.0 Å². The first-order valence-electron chi connectivity index (χ1n) is 19.6. The van der Waals surface area contributed by atoms with Gasteiger partial charge in [0.1, 0.15) is 26.4 Å². The highest BCUT2D eigenvalue weighted by Gasteiger charge is 2.46. The van der Waals surface area contributed by atoms with Gasteiger partial charge in [-0.25, -0.2) is 0 Å². The van der Waals surface area contributed by atoms with Gasteiger partial charge in [-0.3, -0.25) is 0 Å². The largest absolute Gasteiger partial charge is 0.506 e. The summed E-state index contributed by atoms with van der Waals surface area (Å²) in [7, 11) is -6.20. The van der Waals surface area contributed by atoms with Crippen LogP contribution in [0.25, 0.3) is 0 Å². The molecule has 308 valence electrons. The lowest BCUT2D eigenvalue weighted by atomic mass is 10.2. The first-order chi connectivity index (χ1) is 25.6. The molecule has 0 saturated heterocycles. The monoisotopic (exact) mass is 796 g/mol. The Morgan fingerprint density at radius 1 is 0.389 bits per heavy atom. The minimum Gasteiger partial charge on any atom is -0.487 e. The average Bonchev–Trinajstić information content (AvgIpc) is 3.02. The van der Waals surface area contributed by atoms with Crippen LogP contribution in [-0.4, -0.2) is 107 Å². The van der Waals surface area contributed by atoms with Crippen molar-refractivity contribution in [1.29, 1.82) is 0 Å². The van der Waals surface area contributed by atoms with Gasteiger partial charge in [-0.1, -0.05) is 12.1 Å². The van der Waals surface area contributed by atoms with Crippen LogP contribution in [0.15, 0.2) is 36.4 Å². The third-order valence-corrected chi connectivity index (χ3v) is 14.0. The Morgan fingerprint density at radius 2 is 0.648 bits per heavy atom. The summed E-state index contributed by atoms with van der Waals surface area (Å²) in [5, 5.41) is 0. The summed E-state index contributed by atoms with van der Waals surface area (Å²) in [4.78, 5) is 0. The lowest BCUT2D eigenvalue weighted by molar-refractivity contribution is 0.00113. The molecular formula is C40H68O12Si2. The smallest absolute Gasteiger partial charge is 0.487 e. The molecular weight excluding hydrogens is 729 g/mol. The molecule has 0 bridgehead atoms. The van der Waals surface area contributed by atoms with Crippen molar-refractivity contribution in [3.63, 3.8) is 0 Å². The van der Waals surface area contributed by atoms with Crippen molar-refractivity contribution in [2.45, 2.75) is 132 Å². The molecule has 1 heterocycles. The van der Waals surface area contributed by atoms with Gasteiger partial charge in [0, 0.05) is 48.7 Å². The lowest BCUT2D eigenvalue weighted by Crippen LogP contribution is -2.53. The molecule has 0 radical (unpaired) electrons. The molecule has 0 unspecified atom stereocenters. The maximum absolute atomic E-state index is 6.43. The van der Waals surface area contributed by atoms with Crippen LogP contribution in [0.1, 0.15) is 94.2 Å². The van der Waals surface area contributed by atoms with E-state index in [0.29, 0.717) is 87.9 Å². The second-order valence-electron chi connectivity index (χ2n) is 14.9. The fourth-order valence-electron chi connectivity index (χ4n) is 5.91. The fraction of sp³-hybridized carbons (Fsp3) is 0.700. The number of hydrogen-bond donors (Lipinski definition) is 0. The van der Waals surface area contributed by atoms with Gasteiger partial charge < -0.3 is 55.0 Å². The van der Waals surface area contributed by atoms with Crippen LogP contribution in [0.5, 0.6) is 23.0 Å². The van der Waals surface area contributed by atoms with E-state index in [0.717, 1.165) is 11.1 Å². The SMILES string of the molecule is CC(C)O[Si](Cc1ccc2c(c1)OCCOCCOc1cc(C[Si](OC(C)C)(OC(C)C)OC(C)C)ccc1OCCOCCO2)(OC(C)C)OC(C)C. The van der Waals surface area contributed by atoms with Gasteiger partial charge in [0.25, 0.3) is 0 Å². The molecule has 0 aromatic heterocycles. The van der Waals surface area contributed by atoms with Gasteiger partial charge in [-0.05, 0) is 118 Å². The molecule has 0 N–H and O–H groups in total. The minimum absolute atomic E-state index is 0.0611. The molecule has 12 nitrogen and oxygen atoms in total. The van der Waals surface area contributed by atoms with Gasteiger partial charge in [0.2, 0.25) is 0 Å². The van der Waals surface area contributed by atoms with Crippen molar-refractivity contribution in [1.82, 2.24) is 0 Å². The highest BCUT2D eigenvalue weighted by molar-refractivity contribution is 6.60. The first kappa shape index (κ1) is 46.1. The molecule has 2 aromatic carbocycles. The van der Waals surface area contributed by atoms with Crippen molar-refractivity contribution >= 4 is 17.6 Å². The Balaban J connectivity index is 1.75. The summed E-state index contributed by atoms with van der Waals surface area (Å²) in [6, 6.07) is 12.8. The number of benzene rings is 2. The molecule has 1 aliphatic rings. The van der Waals surface area contributed by atoms with E-state index in [-0.39, 0.29) is 36.6 Å². The minimum atomic E-state index is -3.10. The Kier molecular flexibility index (Phi) is 19.7. The maximum Gasteiger partial charge on any atom is 0.506 e. The zero-order valence-electron chi connectivity index (χ0n) is 34.9. The first-order valence-corrected chi connectivity index (χ1v) is 23.4. The summed E-state index contributed by atoms with van der Waals surface area (Å²) in [5.41, 5.74) is 1.94. The van der Waals surface area contributed by atoms with Crippen LogP contribution in [0.2, 0.25) is 0 Å². The molecule has 0 saturated carbocycles. The fourth-order valence-corrected chi connectivity index (χ4v) is 12.5. The van der Waals surface area contributed by atoms with Crippen LogP contribution < -0.4 is 18.9 Å². The molecule has 14 heteroatoms. The standard InChI is InChI=1S/C40H68O12Si2/c1-29(2)47-53(48-30(3)4,49-31(5)6)27-35-13-15-37-39(25-35)45-23-19-42-20-24-46-40-26-36(14-16-38(40)44-22-18-41-17-21-43-37)28-54(50-32(7)8,51-33(9)10)52-34(11)12/h13-16,25-26,29-34H,17-24,27-28H2,1-12H3. The van der Waals surface area contributed by atoms with Crippen molar-refractivity contribution in [2.75, 3.05) is 52.9 Å². The van der Waals surface area contributed by atoms with E-state index in [4.69, 9.17) is 55.0 Å². The highest BCUT2D eigenvalue weighted by atomic mass is 28.4. The Morgan fingerprint density at radius 3 is 0.907 bits per heavy atom. The van der Waals surface area contributed by atoms with Gasteiger partial charge in [-0.15, -0.1) is 0 Å². The number of hydrogen-bond acceptors (Lipinski definition) is 12. The van der Waals surface area contributed by atoms with E-state index in [9.17, 15) is 0 Å². The Labute approximate surface area is 327 Å². The second kappa shape index (κ2) is 23.1. The lowest BCUT2D eigenvalue weighted by Gasteiger charge is -2.34. The molecule has 0 fully saturated rings.